The average molecular weight is 272 g/mol. The van der Waals surface area contributed by atoms with Gasteiger partial charge in [-0.1, -0.05) is 43.3 Å². The summed E-state index contributed by atoms with van der Waals surface area (Å²) in [5, 5.41) is 13.8. The summed E-state index contributed by atoms with van der Waals surface area (Å²) in [6.45, 7) is 6.30. The lowest BCUT2D eigenvalue weighted by Gasteiger charge is -2.20. The van der Waals surface area contributed by atoms with E-state index >= 15 is 0 Å². The Bertz CT molecular complexity index is 635. The lowest BCUT2D eigenvalue weighted by Crippen LogP contribution is -2.19. The van der Waals surface area contributed by atoms with E-state index in [1.54, 1.807) is 0 Å². The van der Waals surface area contributed by atoms with E-state index in [0.29, 0.717) is 11.5 Å². The Morgan fingerprint density at radius 1 is 1.10 bits per heavy atom. The summed E-state index contributed by atoms with van der Waals surface area (Å²) in [7, 11) is 0. The topological polar surface area (TPSA) is 67.8 Å². The molecular weight excluding hydrogens is 252 g/mol. The number of amidine groups is 1. The van der Waals surface area contributed by atoms with Gasteiger partial charge in [-0.25, -0.2) is 0 Å². The predicted octanol–water partition coefficient (Wildman–Crippen LogP) is 3.36. The van der Waals surface area contributed by atoms with Crippen LogP contribution in [0.15, 0.2) is 41.6 Å². The number of hydrogen-bond acceptors (Lipinski definition) is 3. The fourth-order valence-electron chi connectivity index (χ4n) is 1.99. The van der Waals surface area contributed by atoms with E-state index in [0.717, 1.165) is 16.5 Å². The maximum Gasteiger partial charge on any atom is 0.170 e. The summed E-state index contributed by atoms with van der Waals surface area (Å²) in [6, 6.07) is 11.5. The molecule has 0 amide bonds. The van der Waals surface area contributed by atoms with Crippen molar-refractivity contribution in [2.75, 3.05) is 0 Å². The van der Waals surface area contributed by atoms with Gasteiger partial charge in [-0.15, -0.1) is 0 Å². The van der Waals surface area contributed by atoms with Crippen LogP contribution in [0, 0.1) is 5.92 Å². The quantitative estimate of drug-likeness (QED) is 0.388. The van der Waals surface area contributed by atoms with E-state index in [-0.39, 0.29) is 11.9 Å². The van der Waals surface area contributed by atoms with Gasteiger partial charge in [-0.05, 0) is 30.4 Å². The van der Waals surface area contributed by atoms with Crippen molar-refractivity contribution in [3.8, 4) is 5.75 Å². The molecule has 0 saturated heterocycles. The Balaban J connectivity index is 2.54. The molecule has 0 spiro atoms. The van der Waals surface area contributed by atoms with Gasteiger partial charge in [0.2, 0.25) is 0 Å². The third kappa shape index (κ3) is 2.69. The lowest BCUT2D eigenvalue weighted by atomic mass is 10.0. The van der Waals surface area contributed by atoms with Crippen LogP contribution in [0.4, 0.5) is 0 Å². The number of oxime groups is 1. The molecule has 0 heterocycles. The van der Waals surface area contributed by atoms with Crippen molar-refractivity contribution < 1.29 is 9.94 Å². The molecule has 0 saturated carbocycles. The Hall–Kier alpha value is -2.23. The predicted molar refractivity (Wildman–Crippen MR) is 81.4 cm³/mol. The van der Waals surface area contributed by atoms with Crippen molar-refractivity contribution in [3.05, 3.63) is 42.0 Å². The molecule has 2 aromatic carbocycles. The number of nitrogens with zero attached hydrogens (tertiary/aromatic N) is 1. The minimum absolute atomic E-state index is 0.102. The first-order valence-corrected chi connectivity index (χ1v) is 6.71. The highest BCUT2D eigenvalue weighted by molar-refractivity contribution is 6.10. The van der Waals surface area contributed by atoms with E-state index in [1.165, 1.54) is 0 Å². The molecule has 4 nitrogen and oxygen atoms in total. The molecular formula is C16H20N2O2. The van der Waals surface area contributed by atoms with Crippen molar-refractivity contribution in [2.24, 2.45) is 16.8 Å². The van der Waals surface area contributed by atoms with Crippen LogP contribution in [0.25, 0.3) is 10.8 Å². The van der Waals surface area contributed by atoms with E-state index in [1.807, 2.05) is 36.4 Å². The minimum atomic E-state index is 0.102. The zero-order chi connectivity index (χ0) is 14.7. The molecule has 106 valence electrons. The van der Waals surface area contributed by atoms with Crippen LogP contribution < -0.4 is 10.5 Å². The fraction of sp³-hybridized carbons (Fsp3) is 0.312. The van der Waals surface area contributed by atoms with Crippen LogP contribution in [0.2, 0.25) is 0 Å². The van der Waals surface area contributed by atoms with Crippen molar-refractivity contribution in [1.82, 2.24) is 0 Å². The van der Waals surface area contributed by atoms with Crippen LogP contribution in [0.5, 0.6) is 5.75 Å². The largest absolute Gasteiger partial charge is 0.490 e. The van der Waals surface area contributed by atoms with Crippen molar-refractivity contribution >= 4 is 16.6 Å². The number of rotatable bonds is 4. The maximum absolute atomic E-state index is 8.87. The first-order valence-electron chi connectivity index (χ1n) is 6.71. The molecule has 0 fully saturated rings. The van der Waals surface area contributed by atoms with Crippen LogP contribution in [0.1, 0.15) is 26.3 Å². The third-order valence-corrected chi connectivity index (χ3v) is 3.52. The molecule has 0 aromatic heterocycles. The molecule has 0 aliphatic heterocycles. The van der Waals surface area contributed by atoms with Crippen molar-refractivity contribution in [2.45, 2.75) is 26.9 Å². The summed E-state index contributed by atoms with van der Waals surface area (Å²) in [5.74, 6) is 1.35. The normalized spacial score (nSPS) is 13.7. The summed E-state index contributed by atoms with van der Waals surface area (Å²) < 4.78 is 6.01. The number of benzene rings is 2. The summed E-state index contributed by atoms with van der Waals surface area (Å²) in [6.07, 6.45) is 0.119. The van der Waals surface area contributed by atoms with E-state index < -0.39 is 0 Å². The molecule has 2 rings (SSSR count). The minimum Gasteiger partial charge on any atom is -0.490 e. The highest BCUT2D eigenvalue weighted by Gasteiger charge is 2.13. The third-order valence-electron chi connectivity index (χ3n) is 3.52. The summed E-state index contributed by atoms with van der Waals surface area (Å²) in [4.78, 5) is 0. The van der Waals surface area contributed by atoms with Crippen molar-refractivity contribution in [3.63, 3.8) is 0 Å². The van der Waals surface area contributed by atoms with Crippen LogP contribution in [0.3, 0.4) is 0 Å². The molecule has 1 atom stereocenters. The van der Waals surface area contributed by atoms with E-state index in [2.05, 4.69) is 25.9 Å². The molecule has 0 radical (unpaired) electrons. The van der Waals surface area contributed by atoms with E-state index in [4.69, 9.17) is 15.7 Å². The van der Waals surface area contributed by atoms with Gasteiger partial charge >= 0.3 is 0 Å². The molecule has 20 heavy (non-hydrogen) atoms. The first-order chi connectivity index (χ1) is 9.54. The summed E-state index contributed by atoms with van der Waals surface area (Å²) in [5.41, 5.74) is 6.42. The zero-order valence-electron chi connectivity index (χ0n) is 12.0. The highest BCUT2D eigenvalue weighted by atomic mass is 16.5. The number of fused-ring (bicyclic) bond motifs is 1. The standard InChI is InChI=1S/C16H20N2O2/c1-10(2)11(3)20-15-9-8-14(16(17)18-19)12-6-4-5-7-13(12)15/h4-11,19H,1-3H3,(H2,17,18). The van der Waals surface area contributed by atoms with Gasteiger partial charge in [0, 0.05) is 10.9 Å². The number of hydrogen-bond donors (Lipinski definition) is 2. The first kappa shape index (κ1) is 14.2. The monoisotopic (exact) mass is 272 g/mol. The van der Waals surface area contributed by atoms with Crippen LogP contribution in [-0.2, 0) is 0 Å². The van der Waals surface area contributed by atoms with Crippen molar-refractivity contribution in [1.29, 1.82) is 0 Å². The Morgan fingerprint density at radius 2 is 1.75 bits per heavy atom. The smallest absolute Gasteiger partial charge is 0.170 e. The fourth-order valence-corrected chi connectivity index (χ4v) is 1.99. The van der Waals surface area contributed by atoms with Gasteiger partial charge < -0.3 is 15.7 Å². The zero-order valence-corrected chi connectivity index (χ0v) is 12.0. The van der Waals surface area contributed by atoms with Gasteiger partial charge in [-0.2, -0.15) is 0 Å². The Labute approximate surface area is 118 Å². The Morgan fingerprint density at radius 3 is 2.35 bits per heavy atom. The Kier molecular flexibility index (Phi) is 4.13. The molecule has 0 aliphatic rings. The molecule has 2 aromatic rings. The van der Waals surface area contributed by atoms with Gasteiger partial charge in [0.1, 0.15) is 5.75 Å². The number of ether oxygens (including phenoxy) is 1. The summed E-state index contributed by atoms with van der Waals surface area (Å²) >= 11 is 0. The SMILES string of the molecule is CC(C)C(C)Oc1ccc(/C(N)=N/O)c2ccccc12. The van der Waals surface area contributed by atoms with Gasteiger partial charge in [0.05, 0.1) is 6.10 Å². The molecule has 0 bridgehead atoms. The van der Waals surface area contributed by atoms with Crippen LogP contribution in [-0.4, -0.2) is 17.1 Å². The van der Waals surface area contributed by atoms with Crippen LogP contribution >= 0.6 is 0 Å². The average Bonchev–Trinajstić information content (AvgIpc) is 2.46. The van der Waals surface area contributed by atoms with Gasteiger partial charge in [0.15, 0.2) is 5.84 Å². The molecule has 4 heteroatoms. The maximum atomic E-state index is 8.87. The lowest BCUT2D eigenvalue weighted by molar-refractivity contribution is 0.173. The highest BCUT2D eigenvalue weighted by Crippen LogP contribution is 2.30. The van der Waals surface area contributed by atoms with Gasteiger partial charge in [0.25, 0.3) is 0 Å². The second-order valence-corrected chi connectivity index (χ2v) is 5.21. The second-order valence-electron chi connectivity index (χ2n) is 5.21. The second kappa shape index (κ2) is 5.82. The number of nitrogens with two attached hydrogens (primary N) is 1. The molecule has 1 unspecified atom stereocenters. The molecule has 0 aliphatic carbocycles. The molecule has 3 N–H and O–H groups in total. The van der Waals surface area contributed by atoms with E-state index in [9.17, 15) is 0 Å². The van der Waals surface area contributed by atoms with Gasteiger partial charge in [-0.3, -0.25) is 0 Å².